The van der Waals surface area contributed by atoms with Gasteiger partial charge in [-0.2, -0.15) is 9.78 Å². The van der Waals surface area contributed by atoms with E-state index in [9.17, 15) is 4.79 Å². The Hall–Kier alpha value is -4.13. The fraction of sp³-hybridized carbons (Fsp3) is 0.125. The normalized spacial score (nSPS) is 11.8. The Labute approximate surface area is 178 Å². The van der Waals surface area contributed by atoms with E-state index in [1.165, 1.54) is 0 Å². The van der Waals surface area contributed by atoms with E-state index in [1.54, 1.807) is 28.5 Å². The summed E-state index contributed by atoms with van der Waals surface area (Å²) < 4.78 is 3.19. The van der Waals surface area contributed by atoms with Crippen molar-refractivity contribution < 1.29 is 0 Å². The van der Waals surface area contributed by atoms with Crippen molar-refractivity contribution in [3.05, 3.63) is 88.5 Å². The van der Waals surface area contributed by atoms with Crippen molar-refractivity contribution >= 4 is 39.4 Å². The first kappa shape index (κ1) is 18.9. The van der Waals surface area contributed by atoms with E-state index < -0.39 is 0 Å². The molecule has 2 aromatic carbocycles. The molecular weight excluding hydrogens is 388 g/mol. The Morgan fingerprint density at radius 3 is 2.52 bits per heavy atom. The van der Waals surface area contributed by atoms with Crippen LogP contribution in [0.5, 0.6) is 0 Å². The molecule has 0 aliphatic carbocycles. The van der Waals surface area contributed by atoms with Crippen molar-refractivity contribution in [3.63, 3.8) is 0 Å². The van der Waals surface area contributed by atoms with Crippen molar-refractivity contribution in [2.75, 3.05) is 0 Å². The van der Waals surface area contributed by atoms with Gasteiger partial charge in [0.15, 0.2) is 11.3 Å². The van der Waals surface area contributed by atoms with E-state index in [0.29, 0.717) is 40.1 Å². The second-order valence-corrected chi connectivity index (χ2v) is 7.42. The molecule has 0 N–H and O–H groups in total. The molecular formula is C24H20N6O. The van der Waals surface area contributed by atoms with Crippen LogP contribution >= 0.6 is 0 Å². The molecule has 152 valence electrons. The standard InChI is InChI=1S/C24H20N6O/c1-4-12-29-16(3)26-22-20(24(29)31)21-23(28-19-11-6-5-10-18(19)27-21)30(22)25-14-17-9-7-8-15(2)13-17/h4-11,13-14H,1,12H2,2-3H3. The van der Waals surface area contributed by atoms with Crippen LogP contribution in [0, 0.1) is 13.8 Å². The Bertz CT molecular complexity index is 1570. The number of rotatable bonds is 4. The minimum absolute atomic E-state index is 0.179. The predicted octanol–water partition coefficient (Wildman–Crippen LogP) is 3.98. The summed E-state index contributed by atoms with van der Waals surface area (Å²) in [6.45, 7) is 7.95. The van der Waals surface area contributed by atoms with Crippen molar-refractivity contribution in [3.8, 4) is 0 Å². The highest BCUT2D eigenvalue weighted by molar-refractivity contribution is 6.05. The minimum atomic E-state index is -0.179. The second-order valence-electron chi connectivity index (χ2n) is 7.42. The number of hydrogen-bond donors (Lipinski definition) is 0. The first-order valence-corrected chi connectivity index (χ1v) is 9.97. The molecule has 0 aliphatic rings. The fourth-order valence-corrected chi connectivity index (χ4v) is 3.74. The van der Waals surface area contributed by atoms with Gasteiger partial charge in [0.25, 0.3) is 5.56 Å². The van der Waals surface area contributed by atoms with Crippen molar-refractivity contribution in [2.45, 2.75) is 20.4 Å². The molecule has 0 amide bonds. The number of benzene rings is 2. The first-order chi connectivity index (χ1) is 15.1. The van der Waals surface area contributed by atoms with Crippen LogP contribution in [0.2, 0.25) is 0 Å². The fourth-order valence-electron chi connectivity index (χ4n) is 3.74. The largest absolute Gasteiger partial charge is 0.292 e. The van der Waals surface area contributed by atoms with E-state index in [0.717, 1.165) is 16.6 Å². The molecule has 0 aliphatic heterocycles. The molecule has 0 spiro atoms. The zero-order valence-corrected chi connectivity index (χ0v) is 17.3. The maximum atomic E-state index is 13.4. The van der Waals surface area contributed by atoms with Crippen LogP contribution < -0.4 is 5.56 Å². The molecule has 0 atom stereocenters. The van der Waals surface area contributed by atoms with Crippen molar-refractivity contribution in [1.82, 2.24) is 24.2 Å². The van der Waals surface area contributed by atoms with E-state index in [1.807, 2.05) is 55.5 Å². The van der Waals surface area contributed by atoms with Crippen LogP contribution in [0.3, 0.4) is 0 Å². The molecule has 3 aromatic heterocycles. The molecule has 5 rings (SSSR count). The van der Waals surface area contributed by atoms with Crippen LogP contribution in [0.1, 0.15) is 17.0 Å². The highest BCUT2D eigenvalue weighted by atomic mass is 16.1. The quantitative estimate of drug-likeness (QED) is 0.333. The number of aromatic nitrogens is 5. The van der Waals surface area contributed by atoms with Gasteiger partial charge in [-0.05, 0) is 31.5 Å². The van der Waals surface area contributed by atoms with Crippen LogP contribution in [0.15, 0.2) is 71.1 Å². The third kappa shape index (κ3) is 3.11. The maximum Gasteiger partial charge on any atom is 0.265 e. The van der Waals surface area contributed by atoms with E-state index >= 15 is 0 Å². The first-order valence-electron chi connectivity index (χ1n) is 9.97. The van der Waals surface area contributed by atoms with Gasteiger partial charge in [-0.15, -0.1) is 6.58 Å². The zero-order chi connectivity index (χ0) is 21.5. The van der Waals surface area contributed by atoms with Crippen molar-refractivity contribution in [2.24, 2.45) is 5.10 Å². The molecule has 31 heavy (non-hydrogen) atoms. The summed E-state index contributed by atoms with van der Waals surface area (Å²) in [5, 5.41) is 5.06. The second kappa shape index (κ2) is 7.28. The van der Waals surface area contributed by atoms with E-state index in [-0.39, 0.29) is 5.56 Å². The summed E-state index contributed by atoms with van der Waals surface area (Å²) in [4.78, 5) is 27.6. The predicted molar refractivity (Wildman–Crippen MR) is 124 cm³/mol. The summed E-state index contributed by atoms with van der Waals surface area (Å²) in [6.07, 6.45) is 3.42. The lowest BCUT2D eigenvalue weighted by molar-refractivity contribution is 0.724. The van der Waals surface area contributed by atoms with Gasteiger partial charge in [0.05, 0.1) is 17.2 Å². The molecule has 0 radical (unpaired) electrons. The van der Waals surface area contributed by atoms with Gasteiger partial charge in [0, 0.05) is 6.54 Å². The van der Waals surface area contributed by atoms with Crippen LogP contribution in [0.4, 0.5) is 0 Å². The smallest absolute Gasteiger partial charge is 0.265 e. The average molecular weight is 408 g/mol. The lowest BCUT2D eigenvalue weighted by Crippen LogP contribution is -2.23. The molecule has 7 nitrogen and oxygen atoms in total. The molecule has 0 fully saturated rings. The van der Waals surface area contributed by atoms with Crippen LogP contribution in [-0.2, 0) is 6.54 Å². The molecule has 5 aromatic rings. The molecule has 0 saturated carbocycles. The zero-order valence-electron chi connectivity index (χ0n) is 17.3. The van der Waals surface area contributed by atoms with Crippen LogP contribution in [0.25, 0.3) is 33.2 Å². The van der Waals surface area contributed by atoms with Gasteiger partial charge in [0.2, 0.25) is 0 Å². The molecule has 3 heterocycles. The number of aryl methyl sites for hydroxylation is 2. The summed E-state index contributed by atoms with van der Waals surface area (Å²) in [5.74, 6) is 0.580. The monoisotopic (exact) mass is 408 g/mol. The van der Waals surface area contributed by atoms with Gasteiger partial charge in [-0.25, -0.2) is 15.0 Å². The highest BCUT2D eigenvalue weighted by Gasteiger charge is 2.20. The maximum absolute atomic E-state index is 13.4. The van der Waals surface area contributed by atoms with Crippen molar-refractivity contribution in [1.29, 1.82) is 0 Å². The van der Waals surface area contributed by atoms with Gasteiger partial charge in [-0.3, -0.25) is 9.36 Å². The number of allylic oxidation sites excluding steroid dienone is 1. The molecule has 0 unspecified atom stereocenters. The molecule has 0 bridgehead atoms. The number of para-hydroxylation sites is 2. The Morgan fingerprint density at radius 2 is 1.77 bits per heavy atom. The summed E-state index contributed by atoms with van der Waals surface area (Å²) in [5.41, 5.74) is 4.78. The van der Waals surface area contributed by atoms with Gasteiger partial charge in [0.1, 0.15) is 16.7 Å². The SMILES string of the molecule is C=CCn1c(C)nc2c(c1=O)c1nc3ccccc3nc1n2N=Cc1cccc(C)c1. The highest BCUT2D eigenvalue weighted by Crippen LogP contribution is 2.25. The lowest BCUT2D eigenvalue weighted by Gasteiger charge is -2.06. The van der Waals surface area contributed by atoms with E-state index in [2.05, 4.69) is 11.7 Å². The molecule has 7 heteroatoms. The minimum Gasteiger partial charge on any atom is -0.292 e. The van der Waals surface area contributed by atoms with Gasteiger partial charge < -0.3 is 0 Å². The third-order valence-electron chi connectivity index (χ3n) is 5.21. The summed E-state index contributed by atoms with van der Waals surface area (Å²) in [6, 6.07) is 15.6. The lowest BCUT2D eigenvalue weighted by atomic mass is 10.2. The Kier molecular flexibility index (Phi) is 4.43. The Morgan fingerprint density at radius 1 is 1.00 bits per heavy atom. The van der Waals surface area contributed by atoms with Crippen LogP contribution in [-0.4, -0.2) is 30.4 Å². The average Bonchev–Trinajstić information content (AvgIpc) is 3.05. The topological polar surface area (TPSA) is 78.0 Å². The van der Waals surface area contributed by atoms with E-state index in [4.69, 9.17) is 15.0 Å². The number of nitrogens with zero attached hydrogens (tertiary/aromatic N) is 6. The van der Waals surface area contributed by atoms with Gasteiger partial charge in [-0.1, -0.05) is 48.0 Å². The molecule has 0 saturated heterocycles. The summed E-state index contributed by atoms with van der Waals surface area (Å²) >= 11 is 0. The van der Waals surface area contributed by atoms with Gasteiger partial charge >= 0.3 is 0 Å². The summed E-state index contributed by atoms with van der Waals surface area (Å²) in [7, 11) is 0. The number of hydrogen-bond acceptors (Lipinski definition) is 5. The number of fused-ring (bicyclic) bond motifs is 4. The Balaban J connectivity index is 1.88. The third-order valence-corrected chi connectivity index (χ3v) is 5.21.